The van der Waals surface area contributed by atoms with E-state index < -0.39 is 36.6 Å². The van der Waals surface area contributed by atoms with Gasteiger partial charge in [0.1, 0.15) is 6.61 Å². The Hall–Kier alpha value is -3.46. The Morgan fingerprint density at radius 2 is 1.93 bits per heavy atom. The number of halogens is 3. The molecular weight excluding hydrogens is 527 g/mol. The Morgan fingerprint density at radius 3 is 2.70 bits per heavy atom. The van der Waals surface area contributed by atoms with Gasteiger partial charge in [0.25, 0.3) is 0 Å². The minimum Gasteiger partial charge on any atom is -0.457 e. The van der Waals surface area contributed by atoms with E-state index in [1.165, 1.54) is 5.56 Å². The summed E-state index contributed by atoms with van der Waals surface area (Å²) in [7, 11) is 0. The molecule has 0 radical (unpaired) electrons. The van der Waals surface area contributed by atoms with Crippen LogP contribution >= 0.6 is 0 Å². The number of alkyl halides is 3. The minimum absolute atomic E-state index is 0.136. The summed E-state index contributed by atoms with van der Waals surface area (Å²) in [6.45, 7) is 4.07. The molecule has 3 aliphatic heterocycles. The summed E-state index contributed by atoms with van der Waals surface area (Å²) in [6, 6.07) is 10.9. The zero-order valence-corrected chi connectivity index (χ0v) is 21.9. The number of hydrogen-bond acceptors (Lipinski definition) is 8. The molecule has 1 aliphatic carbocycles. The van der Waals surface area contributed by atoms with Crippen molar-refractivity contribution in [2.24, 2.45) is 0 Å². The van der Waals surface area contributed by atoms with Crippen LogP contribution in [0.2, 0.25) is 0 Å². The lowest BCUT2D eigenvalue weighted by atomic mass is 9.86. The topological polar surface area (TPSA) is 92.1 Å². The van der Waals surface area contributed by atoms with Crippen LogP contribution in [0, 0.1) is 18.3 Å². The molecule has 0 spiro atoms. The van der Waals surface area contributed by atoms with E-state index in [0.717, 1.165) is 41.5 Å². The van der Waals surface area contributed by atoms with Gasteiger partial charge in [-0.3, -0.25) is 9.80 Å². The highest BCUT2D eigenvalue weighted by molar-refractivity contribution is 5.94. The summed E-state index contributed by atoms with van der Waals surface area (Å²) in [4.78, 5) is 28.2. The van der Waals surface area contributed by atoms with E-state index in [-0.39, 0.29) is 12.6 Å². The number of hydrogen-bond donors (Lipinski definition) is 0. The number of carbonyl (C=O) groups excluding carboxylic acids is 2. The number of morpholine rings is 1. The average Bonchev–Trinajstić information content (AvgIpc) is 3.33. The number of nitrogens with zero attached hydrogens (tertiary/aromatic N) is 3. The van der Waals surface area contributed by atoms with Gasteiger partial charge in [-0.2, -0.15) is 18.4 Å². The molecule has 210 valence electrons. The Kier molecular flexibility index (Phi) is 6.81. The number of aryl methyl sites for hydroxylation is 1. The van der Waals surface area contributed by atoms with Gasteiger partial charge in [-0.25, -0.2) is 9.59 Å². The van der Waals surface area contributed by atoms with Crippen molar-refractivity contribution in [3.8, 4) is 6.07 Å². The molecule has 0 saturated carbocycles. The first-order valence-electron chi connectivity index (χ1n) is 13.3. The monoisotopic (exact) mass is 555 g/mol. The summed E-state index contributed by atoms with van der Waals surface area (Å²) in [6.07, 6.45) is -4.76. The molecule has 11 heteroatoms. The van der Waals surface area contributed by atoms with Crippen LogP contribution in [0.5, 0.6) is 0 Å². The smallest absolute Gasteiger partial charge is 0.457 e. The van der Waals surface area contributed by atoms with Gasteiger partial charge in [0.2, 0.25) is 6.29 Å². The third-order valence-corrected chi connectivity index (χ3v) is 8.64. The summed E-state index contributed by atoms with van der Waals surface area (Å²) in [5.74, 6) is -2.68. The van der Waals surface area contributed by atoms with E-state index in [9.17, 15) is 28.0 Å². The second-order valence-electron chi connectivity index (χ2n) is 10.8. The van der Waals surface area contributed by atoms with Crippen molar-refractivity contribution in [3.05, 3.63) is 69.3 Å². The van der Waals surface area contributed by atoms with Crippen LogP contribution in [0.3, 0.4) is 0 Å². The first-order valence-corrected chi connectivity index (χ1v) is 13.3. The van der Waals surface area contributed by atoms with Crippen molar-refractivity contribution in [2.75, 3.05) is 26.2 Å². The lowest BCUT2D eigenvalue weighted by Gasteiger charge is -2.51. The largest absolute Gasteiger partial charge is 0.491 e. The normalized spacial score (nSPS) is 26.7. The van der Waals surface area contributed by atoms with Gasteiger partial charge in [0, 0.05) is 37.8 Å². The van der Waals surface area contributed by atoms with Gasteiger partial charge >= 0.3 is 18.1 Å². The maximum Gasteiger partial charge on any atom is 0.491 e. The summed E-state index contributed by atoms with van der Waals surface area (Å²) in [5, 5.41) is 9.20. The highest BCUT2D eigenvalue weighted by Crippen LogP contribution is 2.37. The molecule has 0 bridgehead atoms. The third-order valence-electron chi connectivity index (χ3n) is 8.64. The molecule has 2 unspecified atom stereocenters. The van der Waals surface area contributed by atoms with Gasteiger partial charge < -0.3 is 14.2 Å². The number of ether oxygens (including phenoxy) is 3. The first-order chi connectivity index (χ1) is 19.1. The van der Waals surface area contributed by atoms with Crippen molar-refractivity contribution in [2.45, 2.75) is 63.4 Å². The van der Waals surface area contributed by atoms with Crippen molar-refractivity contribution in [1.29, 1.82) is 5.26 Å². The van der Waals surface area contributed by atoms with Gasteiger partial charge in [-0.15, -0.1) is 0 Å². The van der Waals surface area contributed by atoms with E-state index in [4.69, 9.17) is 14.2 Å². The molecule has 3 heterocycles. The number of piperazine rings is 1. The van der Waals surface area contributed by atoms with E-state index in [2.05, 4.69) is 11.0 Å². The van der Waals surface area contributed by atoms with Crippen LogP contribution in [0.25, 0.3) is 0 Å². The van der Waals surface area contributed by atoms with E-state index >= 15 is 0 Å². The Balaban J connectivity index is 1.23. The fourth-order valence-electron chi connectivity index (χ4n) is 6.48. The number of nitriles is 1. The van der Waals surface area contributed by atoms with Crippen LogP contribution in [-0.4, -0.2) is 72.5 Å². The van der Waals surface area contributed by atoms with Crippen LogP contribution in [0.1, 0.15) is 56.3 Å². The third kappa shape index (κ3) is 4.85. The summed E-state index contributed by atoms with van der Waals surface area (Å²) >= 11 is 0. The number of carbonyl (C=O) groups is 2. The molecule has 40 heavy (non-hydrogen) atoms. The van der Waals surface area contributed by atoms with E-state index in [1.807, 2.05) is 30.0 Å². The molecule has 8 nitrogen and oxygen atoms in total. The summed E-state index contributed by atoms with van der Waals surface area (Å²) < 4.78 is 56.0. The number of rotatable bonds is 3. The zero-order chi connectivity index (χ0) is 28.2. The maximum atomic E-state index is 13.2. The summed E-state index contributed by atoms with van der Waals surface area (Å²) in [5.41, 5.74) is 5.69. The minimum atomic E-state index is -5.15. The first kappa shape index (κ1) is 26.7. The molecule has 2 aromatic rings. The molecular formula is C29H28F3N3O5. The Bertz CT molecular complexity index is 1400. The molecule has 0 aromatic heterocycles. The van der Waals surface area contributed by atoms with Gasteiger partial charge in [0.15, 0.2) is 0 Å². The van der Waals surface area contributed by atoms with Gasteiger partial charge in [-0.1, -0.05) is 12.1 Å². The SMILES string of the molecule is Cc1c([C@@H]2CN3CCN(C4CCc5cc(C#N)ccc5C4)C[C@H]3C(OC(=O)C(F)(F)F)O2)ccc2c1COC2=O. The average molecular weight is 556 g/mol. The molecule has 0 amide bonds. The number of fused-ring (bicyclic) bond motifs is 3. The van der Waals surface area contributed by atoms with Crippen molar-refractivity contribution in [1.82, 2.24) is 9.80 Å². The van der Waals surface area contributed by atoms with Crippen LogP contribution in [0.15, 0.2) is 30.3 Å². The van der Waals surface area contributed by atoms with E-state index in [1.54, 1.807) is 12.1 Å². The maximum absolute atomic E-state index is 13.2. The van der Waals surface area contributed by atoms with Crippen molar-refractivity contribution < 1.29 is 37.0 Å². The number of benzene rings is 2. The molecule has 4 aliphatic rings. The van der Waals surface area contributed by atoms with E-state index in [0.29, 0.717) is 37.3 Å². The van der Waals surface area contributed by atoms with Crippen molar-refractivity contribution >= 4 is 11.9 Å². The van der Waals surface area contributed by atoms with Crippen LogP contribution in [0.4, 0.5) is 13.2 Å². The second kappa shape index (κ2) is 10.2. The highest BCUT2D eigenvalue weighted by Gasteiger charge is 2.49. The molecule has 0 N–H and O–H groups in total. The predicted octanol–water partition coefficient (Wildman–Crippen LogP) is 3.58. The molecule has 2 saturated heterocycles. The molecule has 4 atom stereocenters. The highest BCUT2D eigenvalue weighted by atomic mass is 19.4. The van der Waals surface area contributed by atoms with Gasteiger partial charge in [0.05, 0.1) is 29.3 Å². The second-order valence-corrected chi connectivity index (χ2v) is 10.8. The number of cyclic esters (lactones) is 1. The molecule has 2 aromatic carbocycles. The molecule has 2 fully saturated rings. The lowest BCUT2D eigenvalue weighted by Crippen LogP contribution is -2.64. The zero-order valence-electron chi connectivity index (χ0n) is 21.9. The quantitative estimate of drug-likeness (QED) is 0.531. The van der Waals surface area contributed by atoms with Gasteiger partial charge in [-0.05, 0) is 66.6 Å². The standard InChI is InChI=1S/C29H28F3N3O5/c1-16-21(6-7-22-23(16)15-38-26(22)36)25-14-35-9-8-34(13-24(35)27(39-25)40-28(37)29(30,31)32)20-5-4-18-10-17(12-33)2-3-19(18)11-20/h2-3,6-7,10,20,24-25,27H,4-5,8-9,11,13-15H2,1H3/t20?,24-,25-,27?/m0/s1. The predicted molar refractivity (Wildman–Crippen MR) is 134 cm³/mol. The molecule has 6 rings (SSSR count). The Labute approximate surface area is 229 Å². The van der Waals surface area contributed by atoms with Crippen molar-refractivity contribution in [3.63, 3.8) is 0 Å². The lowest BCUT2D eigenvalue weighted by molar-refractivity contribution is -0.265. The Morgan fingerprint density at radius 1 is 1.12 bits per heavy atom. The number of esters is 2. The fourth-order valence-corrected chi connectivity index (χ4v) is 6.48. The van der Waals surface area contributed by atoms with Crippen LogP contribution in [-0.2, 0) is 38.5 Å². The van der Waals surface area contributed by atoms with Crippen LogP contribution < -0.4 is 0 Å². The fraction of sp³-hybridized carbons (Fsp3) is 0.483.